The molecule has 0 bridgehead atoms. The maximum absolute atomic E-state index is 12.7. The van der Waals surface area contributed by atoms with Gasteiger partial charge in [-0.2, -0.15) is 0 Å². The minimum Gasteiger partial charge on any atom is -0.376 e. The van der Waals surface area contributed by atoms with Gasteiger partial charge >= 0.3 is 0 Å². The number of fused-ring (bicyclic) bond motifs is 1. The van der Waals surface area contributed by atoms with Crippen LogP contribution in [-0.2, 0) is 16.1 Å². The molecular weight excluding hydrogens is 382 g/mol. The first-order valence-corrected chi connectivity index (χ1v) is 11.0. The van der Waals surface area contributed by atoms with Crippen molar-refractivity contribution in [1.82, 2.24) is 14.9 Å². The molecule has 8 heteroatoms. The Kier molecular flexibility index (Phi) is 5.75. The molecule has 6 nitrogen and oxygen atoms in total. The van der Waals surface area contributed by atoms with Crippen molar-refractivity contribution in [3.05, 3.63) is 26.6 Å². The molecule has 2 aromatic heterocycles. The highest BCUT2D eigenvalue weighted by Crippen LogP contribution is 2.30. The second kappa shape index (κ2) is 8.24. The van der Waals surface area contributed by atoms with Crippen molar-refractivity contribution in [1.29, 1.82) is 0 Å². The number of nitrogens with one attached hydrogen (secondary N) is 2. The molecule has 0 spiro atoms. The average molecular weight is 408 g/mol. The van der Waals surface area contributed by atoms with E-state index in [0.29, 0.717) is 23.8 Å². The van der Waals surface area contributed by atoms with Crippen LogP contribution in [0.1, 0.15) is 38.5 Å². The Bertz CT molecular complexity index is 918. The van der Waals surface area contributed by atoms with Gasteiger partial charge < -0.3 is 15.0 Å². The van der Waals surface area contributed by atoms with Crippen LogP contribution in [0.25, 0.3) is 10.2 Å². The predicted molar refractivity (Wildman–Crippen MR) is 109 cm³/mol. The largest absolute Gasteiger partial charge is 0.376 e. The van der Waals surface area contributed by atoms with E-state index in [2.05, 4.69) is 10.3 Å². The Morgan fingerprint density at radius 2 is 2.15 bits per heavy atom. The van der Waals surface area contributed by atoms with Crippen LogP contribution in [0, 0.1) is 16.6 Å². The molecule has 1 unspecified atom stereocenters. The molecule has 0 aromatic carbocycles. The number of H-pyrrole nitrogens is 1. The van der Waals surface area contributed by atoms with Gasteiger partial charge in [-0.1, -0.05) is 0 Å². The highest BCUT2D eigenvalue weighted by Gasteiger charge is 2.27. The van der Waals surface area contributed by atoms with Gasteiger partial charge in [0, 0.05) is 25.6 Å². The predicted octanol–water partition coefficient (Wildman–Crippen LogP) is 3.22. The molecule has 2 aromatic rings. The Hall–Kier alpha value is -1.51. The van der Waals surface area contributed by atoms with Gasteiger partial charge in [-0.05, 0) is 68.1 Å². The quantitative estimate of drug-likeness (QED) is 0.746. The minimum atomic E-state index is 0.000167. The number of carbonyl (C=O) groups excluding carboxylic acids is 1. The summed E-state index contributed by atoms with van der Waals surface area (Å²) < 4.78 is 8.47. The lowest BCUT2D eigenvalue weighted by Gasteiger charge is -2.28. The Morgan fingerprint density at radius 1 is 1.33 bits per heavy atom. The number of ether oxygens (including phenoxy) is 1. The Morgan fingerprint density at radius 3 is 2.89 bits per heavy atom. The number of thiophene rings is 1. The van der Waals surface area contributed by atoms with Crippen molar-refractivity contribution in [2.45, 2.75) is 51.2 Å². The molecule has 1 atom stereocenters. The topological polar surface area (TPSA) is 76.1 Å². The van der Waals surface area contributed by atoms with Crippen molar-refractivity contribution in [2.24, 2.45) is 11.8 Å². The molecule has 0 radical (unpaired) electrons. The zero-order valence-electron chi connectivity index (χ0n) is 15.2. The fourth-order valence-electron chi connectivity index (χ4n) is 4.17. The number of rotatable bonds is 5. The fourth-order valence-corrected chi connectivity index (χ4v) is 5.23. The normalized spacial score (nSPS) is 25.7. The third-order valence-electron chi connectivity index (χ3n) is 5.78. The fraction of sp³-hybridized carbons (Fsp3) is 0.632. The Labute approximate surface area is 166 Å². The summed E-state index contributed by atoms with van der Waals surface area (Å²) in [5.41, 5.74) is 0.818. The summed E-state index contributed by atoms with van der Waals surface area (Å²) in [6, 6.07) is 1.89. The molecule has 1 saturated heterocycles. The number of carbonyl (C=O) groups is 1. The summed E-state index contributed by atoms with van der Waals surface area (Å²) in [4.78, 5) is 28.2. The third-order valence-corrected chi connectivity index (χ3v) is 7.00. The SMILES string of the molecule is O=C(NCC1CCCO1)C1CCC(Cn2c(=S)[nH]c3ccsc3c2=O)CC1. The number of aromatic nitrogens is 2. The zero-order chi connectivity index (χ0) is 18.8. The van der Waals surface area contributed by atoms with Gasteiger partial charge in [0.15, 0.2) is 4.77 Å². The van der Waals surface area contributed by atoms with Crippen LogP contribution in [0.2, 0.25) is 0 Å². The molecule has 146 valence electrons. The van der Waals surface area contributed by atoms with Crippen LogP contribution < -0.4 is 10.9 Å². The van der Waals surface area contributed by atoms with Crippen LogP contribution >= 0.6 is 23.6 Å². The van der Waals surface area contributed by atoms with E-state index in [1.807, 2.05) is 11.4 Å². The van der Waals surface area contributed by atoms with Gasteiger partial charge in [0.2, 0.25) is 5.91 Å². The molecule has 27 heavy (non-hydrogen) atoms. The molecule has 2 aliphatic rings. The van der Waals surface area contributed by atoms with E-state index in [-0.39, 0.29) is 23.5 Å². The van der Waals surface area contributed by atoms with Crippen molar-refractivity contribution in [2.75, 3.05) is 13.2 Å². The summed E-state index contributed by atoms with van der Waals surface area (Å²) in [5, 5.41) is 4.96. The van der Waals surface area contributed by atoms with E-state index in [1.54, 1.807) is 4.57 Å². The first-order valence-electron chi connectivity index (χ1n) is 9.71. The molecule has 1 aliphatic carbocycles. The molecule has 1 saturated carbocycles. The van der Waals surface area contributed by atoms with Crippen LogP contribution in [-0.4, -0.2) is 34.7 Å². The molecular formula is C19H25N3O3S2. The first kappa shape index (κ1) is 18.8. The number of nitrogens with zero attached hydrogens (tertiary/aromatic N) is 1. The zero-order valence-corrected chi connectivity index (χ0v) is 16.9. The number of hydrogen-bond acceptors (Lipinski definition) is 5. The van der Waals surface area contributed by atoms with E-state index >= 15 is 0 Å². The minimum absolute atomic E-state index is 0.000167. The van der Waals surface area contributed by atoms with E-state index in [1.165, 1.54) is 11.3 Å². The van der Waals surface area contributed by atoms with Gasteiger partial charge in [0.1, 0.15) is 4.70 Å². The lowest BCUT2D eigenvalue weighted by Crippen LogP contribution is -2.38. The average Bonchev–Trinajstić information content (AvgIpc) is 3.35. The smallest absolute Gasteiger partial charge is 0.272 e. The molecule has 3 heterocycles. The van der Waals surface area contributed by atoms with Gasteiger partial charge in [0.05, 0.1) is 11.6 Å². The number of aromatic amines is 1. The van der Waals surface area contributed by atoms with Crippen LogP contribution in [0.15, 0.2) is 16.2 Å². The third kappa shape index (κ3) is 4.17. The summed E-state index contributed by atoms with van der Waals surface area (Å²) in [6.45, 7) is 2.07. The van der Waals surface area contributed by atoms with Crippen molar-refractivity contribution >= 4 is 39.7 Å². The van der Waals surface area contributed by atoms with Crippen LogP contribution in [0.5, 0.6) is 0 Å². The summed E-state index contributed by atoms with van der Waals surface area (Å²) >= 11 is 6.83. The maximum Gasteiger partial charge on any atom is 0.272 e. The van der Waals surface area contributed by atoms with Gasteiger partial charge in [0.25, 0.3) is 5.56 Å². The maximum atomic E-state index is 12.7. The molecule has 2 N–H and O–H groups in total. The highest BCUT2D eigenvalue weighted by molar-refractivity contribution is 7.71. The standard InChI is InChI=1S/C19H25N3O3S2/c23-17(20-10-14-2-1-8-25-14)13-5-3-12(4-6-13)11-22-18(24)16-15(7-9-27-16)21-19(22)26/h7,9,12-14H,1-6,8,10-11H2,(H,20,23)(H,21,26). The molecule has 2 fully saturated rings. The van der Waals surface area contributed by atoms with Gasteiger partial charge in [-0.25, -0.2) is 0 Å². The summed E-state index contributed by atoms with van der Waals surface area (Å²) in [5.74, 6) is 0.615. The van der Waals surface area contributed by atoms with E-state index < -0.39 is 0 Å². The van der Waals surface area contributed by atoms with Crippen molar-refractivity contribution in [3.8, 4) is 0 Å². The van der Waals surface area contributed by atoms with E-state index in [4.69, 9.17) is 17.0 Å². The second-order valence-electron chi connectivity index (χ2n) is 7.61. The van der Waals surface area contributed by atoms with E-state index in [0.717, 1.165) is 55.3 Å². The van der Waals surface area contributed by atoms with Crippen molar-refractivity contribution < 1.29 is 9.53 Å². The van der Waals surface area contributed by atoms with E-state index in [9.17, 15) is 9.59 Å². The molecule has 4 rings (SSSR count). The van der Waals surface area contributed by atoms with Crippen molar-refractivity contribution in [3.63, 3.8) is 0 Å². The van der Waals surface area contributed by atoms with Crippen LogP contribution in [0.3, 0.4) is 0 Å². The lowest BCUT2D eigenvalue weighted by atomic mass is 9.81. The Balaban J connectivity index is 1.32. The molecule has 1 aliphatic heterocycles. The lowest BCUT2D eigenvalue weighted by molar-refractivity contribution is -0.126. The monoisotopic (exact) mass is 407 g/mol. The number of amides is 1. The highest BCUT2D eigenvalue weighted by atomic mass is 32.1. The molecule has 1 amide bonds. The second-order valence-corrected chi connectivity index (χ2v) is 8.91. The first-order chi connectivity index (χ1) is 13.1. The van der Waals surface area contributed by atoms with Gasteiger partial charge in [-0.3, -0.25) is 14.2 Å². The van der Waals surface area contributed by atoms with Crippen LogP contribution in [0.4, 0.5) is 0 Å². The summed E-state index contributed by atoms with van der Waals surface area (Å²) in [7, 11) is 0. The number of hydrogen-bond donors (Lipinski definition) is 2. The van der Waals surface area contributed by atoms with Gasteiger partial charge in [-0.15, -0.1) is 11.3 Å². The summed E-state index contributed by atoms with van der Waals surface area (Å²) in [6.07, 6.45) is 5.94.